The third kappa shape index (κ3) is 2.37. The third-order valence-electron chi connectivity index (χ3n) is 4.18. The Bertz CT molecular complexity index is 710. The summed E-state index contributed by atoms with van der Waals surface area (Å²) in [5.74, 6) is 0. The molecule has 3 aromatic rings. The molecule has 0 bridgehead atoms. The van der Waals surface area contributed by atoms with Gasteiger partial charge in [0.1, 0.15) is 0 Å². The molecular weight excluding hydrogens is 254 g/mol. The lowest BCUT2D eigenvalue weighted by atomic mass is 10.0. The molecule has 108 valence electrons. The van der Waals surface area contributed by atoms with Gasteiger partial charge < -0.3 is 4.57 Å². The van der Waals surface area contributed by atoms with E-state index in [0.29, 0.717) is 6.04 Å². The molecular formula is C20H23N. The number of hydrogen-bond acceptors (Lipinski definition) is 0. The Kier molecular flexibility index (Phi) is 4.10. The van der Waals surface area contributed by atoms with Crippen molar-refractivity contribution >= 4 is 21.8 Å². The van der Waals surface area contributed by atoms with E-state index in [9.17, 15) is 0 Å². The van der Waals surface area contributed by atoms with Gasteiger partial charge in [-0.3, -0.25) is 0 Å². The minimum Gasteiger partial charge on any atom is -0.333 e. The lowest BCUT2D eigenvalue weighted by Crippen LogP contribution is -2.08. The van der Waals surface area contributed by atoms with E-state index < -0.39 is 0 Å². The Morgan fingerprint density at radius 3 is 1.95 bits per heavy atom. The predicted molar refractivity (Wildman–Crippen MR) is 92.8 cm³/mol. The van der Waals surface area contributed by atoms with Crippen molar-refractivity contribution in [1.82, 2.24) is 4.57 Å². The molecule has 1 aliphatic carbocycles. The summed E-state index contributed by atoms with van der Waals surface area (Å²) >= 11 is 0. The van der Waals surface area contributed by atoms with E-state index in [1.165, 1.54) is 41.1 Å². The summed E-state index contributed by atoms with van der Waals surface area (Å²) < 4.78 is 2.51. The molecule has 0 N–H and O–H groups in total. The van der Waals surface area contributed by atoms with E-state index in [1.54, 1.807) is 0 Å². The highest BCUT2D eigenvalue weighted by atomic mass is 15.0. The van der Waals surface area contributed by atoms with E-state index in [0.717, 1.165) is 0 Å². The SMILES string of the molecule is C1=C[C@H](n2c3ccccc3c3ccccc32)CCC1.CC. The van der Waals surface area contributed by atoms with Crippen LogP contribution in [0, 0.1) is 0 Å². The number of aromatic nitrogens is 1. The van der Waals surface area contributed by atoms with E-state index in [2.05, 4.69) is 65.3 Å². The van der Waals surface area contributed by atoms with Crippen LogP contribution < -0.4 is 0 Å². The minimum atomic E-state index is 0.513. The van der Waals surface area contributed by atoms with Gasteiger partial charge in [-0.1, -0.05) is 62.4 Å². The highest BCUT2D eigenvalue weighted by Crippen LogP contribution is 2.34. The highest BCUT2D eigenvalue weighted by Gasteiger charge is 2.16. The zero-order valence-corrected chi connectivity index (χ0v) is 12.9. The van der Waals surface area contributed by atoms with Gasteiger partial charge in [0, 0.05) is 21.8 Å². The third-order valence-corrected chi connectivity index (χ3v) is 4.18. The second-order valence-corrected chi connectivity index (χ2v) is 5.33. The molecule has 1 aliphatic rings. The normalized spacial score (nSPS) is 17.7. The summed E-state index contributed by atoms with van der Waals surface area (Å²) in [7, 11) is 0. The van der Waals surface area contributed by atoms with Gasteiger partial charge in [0.05, 0.1) is 6.04 Å². The molecule has 1 heterocycles. The Hall–Kier alpha value is -2.02. The van der Waals surface area contributed by atoms with Crippen LogP contribution in [-0.4, -0.2) is 4.57 Å². The molecule has 21 heavy (non-hydrogen) atoms. The number of hydrogen-bond donors (Lipinski definition) is 0. The maximum atomic E-state index is 2.51. The van der Waals surface area contributed by atoms with Gasteiger partial charge in [0.2, 0.25) is 0 Å². The molecule has 1 atom stereocenters. The summed E-state index contributed by atoms with van der Waals surface area (Å²) in [6.45, 7) is 4.00. The first kappa shape index (κ1) is 13.9. The largest absolute Gasteiger partial charge is 0.333 e. The predicted octanol–water partition coefficient (Wildman–Crippen LogP) is 6.10. The standard InChI is InChI=1S/C18H17N.C2H6/c1-2-8-14(9-3-1)19-17-12-6-4-10-15(17)16-11-5-7-13-18(16)19;1-2/h2,4-8,10-14H,1,3,9H2;1-2H3/t14-;/m0./s1. The van der Waals surface area contributed by atoms with Crippen LogP contribution in [-0.2, 0) is 0 Å². The van der Waals surface area contributed by atoms with Crippen LogP contribution in [0.1, 0.15) is 39.2 Å². The first-order valence-corrected chi connectivity index (χ1v) is 8.09. The van der Waals surface area contributed by atoms with Crippen LogP contribution in [0.25, 0.3) is 21.8 Å². The molecule has 0 aliphatic heterocycles. The lowest BCUT2D eigenvalue weighted by molar-refractivity contribution is 0.542. The fourth-order valence-electron chi connectivity index (χ4n) is 3.32. The molecule has 0 saturated heterocycles. The molecule has 0 spiro atoms. The topological polar surface area (TPSA) is 4.93 Å². The average Bonchev–Trinajstić information content (AvgIpc) is 2.92. The summed E-state index contributed by atoms with van der Waals surface area (Å²) in [6, 6.07) is 18.0. The number of fused-ring (bicyclic) bond motifs is 3. The Balaban J connectivity index is 0.000000636. The van der Waals surface area contributed by atoms with Crippen LogP contribution in [0.2, 0.25) is 0 Å². The quantitative estimate of drug-likeness (QED) is 0.473. The van der Waals surface area contributed by atoms with Crippen molar-refractivity contribution in [1.29, 1.82) is 0 Å². The van der Waals surface area contributed by atoms with Crippen molar-refractivity contribution in [2.75, 3.05) is 0 Å². The Morgan fingerprint density at radius 1 is 0.857 bits per heavy atom. The second kappa shape index (κ2) is 6.17. The van der Waals surface area contributed by atoms with Crippen LogP contribution in [0.3, 0.4) is 0 Å². The minimum absolute atomic E-state index is 0.513. The molecule has 0 amide bonds. The van der Waals surface area contributed by atoms with Crippen molar-refractivity contribution in [2.24, 2.45) is 0 Å². The van der Waals surface area contributed by atoms with Gasteiger partial charge in [0.25, 0.3) is 0 Å². The van der Waals surface area contributed by atoms with Crippen molar-refractivity contribution < 1.29 is 0 Å². The van der Waals surface area contributed by atoms with Gasteiger partial charge in [-0.05, 0) is 31.4 Å². The maximum Gasteiger partial charge on any atom is 0.0522 e. The van der Waals surface area contributed by atoms with E-state index >= 15 is 0 Å². The van der Waals surface area contributed by atoms with Gasteiger partial charge >= 0.3 is 0 Å². The molecule has 4 rings (SSSR count). The smallest absolute Gasteiger partial charge is 0.0522 e. The van der Waals surface area contributed by atoms with Gasteiger partial charge in [-0.15, -0.1) is 0 Å². The average molecular weight is 277 g/mol. The fraction of sp³-hybridized carbons (Fsp3) is 0.300. The van der Waals surface area contributed by atoms with Gasteiger partial charge in [-0.25, -0.2) is 0 Å². The van der Waals surface area contributed by atoms with Crippen LogP contribution in [0.5, 0.6) is 0 Å². The molecule has 1 aromatic heterocycles. The molecule has 1 nitrogen and oxygen atoms in total. The summed E-state index contributed by atoms with van der Waals surface area (Å²) in [6.07, 6.45) is 8.48. The molecule has 1 heteroatoms. The number of nitrogens with zero attached hydrogens (tertiary/aromatic N) is 1. The van der Waals surface area contributed by atoms with Crippen LogP contribution >= 0.6 is 0 Å². The molecule has 0 fully saturated rings. The fourth-order valence-corrected chi connectivity index (χ4v) is 3.32. The number of para-hydroxylation sites is 2. The first-order valence-electron chi connectivity index (χ1n) is 8.09. The zero-order chi connectivity index (χ0) is 14.7. The Labute approximate surface area is 126 Å². The first-order chi connectivity index (χ1) is 10.4. The zero-order valence-electron chi connectivity index (χ0n) is 12.9. The number of allylic oxidation sites excluding steroid dienone is 2. The number of rotatable bonds is 1. The summed E-state index contributed by atoms with van der Waals surface area (Å²) in [5, 5.41) is 2.74. The van der Waals surface area contributed by atoms with E-state index in [4.69, 9.17) is 0 Å². The molecule has 0 saturated carbocycles. The van der Waals surface area contributed by atoms with E-state index in [-0.39, 0.29) is 0 Å². The Morgan fingerprint density at radius 2 is 1.43 bits per heavy atom. The molecule has 0 unspecified atom stereocenters. The van der Waals surface area contributed by atoms with Crippen LogP contribution in [0.4, 0.5) is 0 Å². The van der Waals surface area contributed by atoms with Gasteiger partial charge in [0.15, 0.2) is 0 Å². The van der Waals surface area contributed by atoms with E-state index in [1.807, 2.05) is 13.8 Å². The van der Waals surface area contributed by atoms with Crippen molar-refractivity contribution in [2.45, 2.75) is 39.2 Å². The van der Waals surface area contributed by atoms with Gasteiger partial charge in [-0.2, -0.15) is 0 Å². The van der Waals surface area contributed by atoms with Crippen molar-refractivity contribution in [3.05, 3.63) is 60.7 Å². The second-order valence-electron chi connectivity index (χ2n) is 5.33. The van der Waals surface area contributed by atoms with Crippen LogP contribution in [0.15, 0.2) is 60.7 Å². The monoisotopic (exact) mass is 277 g/mol. The maximum absolute atomic E-state index is 2.51. The molecule has 0 radical (unpaired) electrons. The summed E-state index contributed by atoms with van der Waals surface area (Å²) in [4.78, 5) is 0. The molecule has 2 aromatic carbocycles. The number of benzene rings is 2. The lowest BCUT2D eigenvalue weighted by Gasteiger charge is -2.20. The van der Waals surface area contributed by atoms with Crippen molar-refractivity contribution in [3.8, 4) is 0 Å². The highest BCUT2D eigenvalue weighted by molar-refractivity contribution is 6.08. The van der Waals surface area contributed by atoms with Crippen molar-refractivity contribution in [3.63, 3.8) is 0 Å². The summed E-state index contributed by atoms with van der Waals surface area (Å²) in [5.41, 5.74) is 2.72.